The molecule has 4 heterocycles. The van der Waals surface area contributed by atoms with Crippen LogP contribution in [0.4, 0.5) is 13.2 Å². The molecule has 1 aliphatic rings. The van der Waals surface area contributed by atoms with Crippen molar-refractivity contribution < 1.29 is 13.2 Å². The van der Waals surface area contributed by atoms with Gasteiger partial charge in [0, 0.05) is 25.8 Å². The Bertz CT molecular complexity index is 878. The molecule has 138 valence electrons. The van der Waals surface area contributed by atoms with Crippen molar-refractivity contribution in [1.82, 2.24) is 19.6 Å². The van der Waals surface area contributed by atoms with E-state index in [0.29, 0.717) is 12.2 Å². The molecule has 1 saturated heterocycles. The van der Waals surface area contributed by atoms with E-state index in [0.717, 1.165) is 54.9 Å². The lowest BCUT2D eigenvalue weighted by Gasteiger charge is -2.20. The van der Waals surface area contributed by atoms with Gasteiger partial charge in [-0.2, -0.15) is 13.2 Å². The largest absolute Gasteiger partial charge is 0.417 e. The van der Waals surface area contributed by atoms with Crippen LogP contribution in [0, 0.1) is 0 Å². The highest BCUT2D eigenvalue weighted by atomic mass is 32.1. The summed E-state index contributed by atoms with van der Waals surface area (Å²) in [5.41, 5.74) is 1.48. The van der Waals surface area contributed by atoms with E-state index in [1.807, 2.05) is 17.5 Å². The number of halogens is 3. The molecule has 3 aromatic heterocycles. The standard InChI is InChI=1S/C18H19F3N4S/c19-18(20,21)13-4-5-16-23-17(15-3-1-10-26-15)14(25(16)11-13)12-24-8-2-6-22-7-9-24/h1,3-5,10-11,22H,2,6-9,12H2. The number of hydrogen-bond donors (Lipinski definition) is 1. The Balaban J connectivity index is 1.81. The maximum absolute atomic E-state index is 13.2. The highest BCUT2D eigenvalue weighted by Gasteiger charge is 2.31. The average molecular weight is 380 g/mol. The number of rotatable bonds is 3. The number of aromatic nitrogens is 2. The molecule has 0 saturated carbocycles. The molecule has 0 aromatic carbocycles. The number of thiophene rings is 1. The van der Waals surface area contributed by atoms with Crippen molar-refractivity contribution in [1.29, 1.82) is 0 Å². The zero-order chi connectivity index (χ0) is 18.1. The Morgan fingerprint density at radius 1 is 1.15 bits per heavy atom. The number of alkyl halides is 3. The summed E-state index contributed by atoms with van der Waals surface area (Å²) in [7, 11) is 0. The number of nitrogens with zero attached hydrogens (tertiary/aromatic N) is 3. The van der Waals surface area contributed by atoms with Crippen LogP contribution in [0.25, 0.3) is 16.2 Å². The smallest absolute Gasteiger partial charge is 0.315 e. The van der Waals surface area contributed by atoms with Gasteiger partial charge in [0.15, 0.2) is 0 Å². The third-order valence-corrected chi connectivity index (χ3v) is 5.48. The lowest BCUT2D eigenvalue weighted by Crippen LogP contribution is -2.28. The summed E-state index contributed by atoms with van der Waals surface area (Å²) in [4.78, 5) is 7.89. The molecule has 4 nitrogen and oxygen atoms in total. The number of nitrogens with one attached hydrogen (secondary N) is 1. The van der Waals surface area contributed by atoms with Gasteiger partial charge in [-0.15, -0.1) is 11.3 Å². The molecule has 26 heavy (non-hydrogen) atoms. The molecule has 0 spiro atoms. The molecule has 4 rings (SSSR count). The van der Waals surface area contributed by atoms with Gasteiger partial charge in [0.2, 0.25) is 0 Å². The van der Waals surface area contributed by atoms with Gasteiger partial charge in [-0.25, -0.2) is 4.98 Å². The molecule has 0 atom stereocenters. The van der Waals surface area contributed by atoms with E-state index in [4.69, 9.17) is 0 Å². The summed E-state index contributed by atoms with van der Waals surface area (Å²) in [6.45, 7) is 4.23. The van der Waals surface area contributed by atoms with Crippen LogP contribution in [0.5, 0.6) is 0 Å². The number of pyridine rings is 1. The Labute approximate surface area is 153 Å². The topological polar surface area (TPSA) is 32.6 Å². The zero-order valence-electron chi connectivity index (χ0n) is 14.1. The van der Waals surface area contributed by atoms with Gasteiger partial charge in [0.25, 0.3) is 0 Å². The second-order valence-electron chi connectivity index (χ2n) is 6.41. The maximum Gasteiger partial charge on any atom is 0.417 e. The first kappa shape index (κ1) is 17.5. The van der Waals surface area contributed by atoms with Crippen LogP contribution in [0.1, 0.15) is 17.7 Å². The van der Waals surface area contributed by atoms with Crippen molar-refractivity contribution in [2.45, 2.75) is 19.1 Å². The van der Waals surface area contributed by atoms with Crippen LogP contribution in [-0.4, -0.2) is 40.5 Å². The average Bonchev–Trinajstić information content (AvgIpc) is 3.16. The molecule has 8 heteroatoms. The number of fused-ring (bicyclic) bond motifs is 1. The number of hydrogen-bond acceptors (Lipinski definition) is 4. The van der Waals surface area contributed by atoms with Crippen molar-refractivity contribution >= 4 is 17.0 Å². The highest BCUT2D eigenvalue weighted by Crippen LogP contribution is 2.33. The summed E-state index contributed by atoms with van der Waals surface area (Å²) in [6.07, 6.45) is -2.17. The minimum Gasteiger partial charge on any atom is -0.315 e. The van der Waals surface area contributed by atoms with Crippen molar-refractivity contribution in [2.75, 3.05) is 26.2 Å². The Kier molecular flexibility index (Phi) is 4.73. The van der Waals surface area contributed by atoms with E-state index in [9.17, 15) is 13.2 Å². The van der Waals surface area contributed by atoms with E-state index in [1.165, 1.54) is 12.3 Å². The van der Waals surface area contributed by atoms with Crippen molar-refractivity contribution in [3.63, 3.8) is 0 Å². The monoisotopic (exact) mass is 380 g/mol. The SMILES string of the molecule is FC(F)(F)c1ccc2nc(-c3cccs3)c(CN3CCCNCC3)n2c1. The molecule has 0 unspecified atom stereocenters. The summed E-state index contributed by atoms with van der Waals surface area (Å²) < 4.78 is 41.2. The van der Waals surface area contributed by atoms with Crippen LogP contribution in [0.2, 0.25) is 0 Å². The van der Waals surface area contributed by atoms with Crippen molar-refractivity contribution in [3.05, 3.63) is 47.1 Å². The summed E-state index contributed by atoms with van der Waals surface area (Å²) >= 11 is 1.55. The van der Waals surface area contributed by atoms with Gasteiger partial charge in [0.1, 0.15) is 11.3 Å². The predicted molar refractivity (Wildman–Crippen MR) is 96.3 cm³/mol. The lowest BCUT2D eigenvalue weighted by atomic mass is 10.2. The van der Waals surface area contributed by atoms with E-state index >= 15 is 0 Å². The van der Waals surface area contributed by atoms with Crippen LogP contribution < -0.4 is 5.32 Å². The molecular formula is C18H19F3N4S. The first-order valence-corrected chi connectivity index (χ1v) is 9.45. The quantitative estimate of drug-likeness (QED) is 0.749. The van der Waals surface area contributed by atoms with Crippen LogP contribution >= 0.6 is 11.3 Å². The second kappa shape index (κ2) is 7.02. The maximum atomic E-state index is 13.2. The summed E-state index contributed by atoms with van der Waals surface area (Å²) in [5, 5.41) is 5.31. The molecule has 3 aromatic rings. The molecule has 1 aliphatic heterocycles. The predicted octanol–water partition coefficient (Wildman–Crippen LogP) is 3.88. The first-order chi connectivity index (χ1) is 12.5. The Hall–Kier alpha value is -1.90. The number of imidazole rings is 1. The first-order valence-electron chi connectivity index (χ1n) is 8.57. The fourth-order valence-corrected chi connectivity index (χ4v) is 4.03. The molecule has 1 N–H and O–H groups in total. The molecule has 0 bridgehead atoms. The van der Waals surface area contributed by atoms with Gasteiger partial charge in [-0.1, -0.05) is 6.07 Å². The van der Waals surface area contributed by atoms with E-state index in [2.05, 4.69) is 15.2 Å². The van der Waals surface area contributed by atoms with Gasteiger partial charge in [-0.3, -0.25) is 4.90 Å². The van der Waals surface area contributed by atoms with Crippen molar-refractivity contribution in [2.24, 2.45) is 0 Å². The second-order valence-corrected chi connectivity index (χ2v) is 7.36. The lowest BCUT2D eigenvalue weighted by molar-refractivity contribution is -0.137. The molecule has 1 fully saturated rings. The molecule has 0 aliphatic carbocycles. The third kappa shape index (κ3) is 3.49. The summed E-state index contributed by atoms with van der Waals surface area (Å²) in [5.74, 6) is 0. The fourth-order valence-electron chi connectivity index (χ4n) is 3.29. The molecule has 0 radical (unpaired) electrons. The van der Waals surface area contributed by atoms with Crippen molar-refractivity contribution in [3.8, 4) is 10.6 Å². The minimum absolute atomic E-state index is 0.546. The van der Waals surface area contributed by atoms with E-state index < -0.39 is 11.7 Å². The van der Waals surface area contributed by atoms with Crippen LogP contribution in [0.15, 0.2) is 35.8 Å². The van der Waals surface area contributed by atoms with Crippen LogP contribution in [-0.2, 0) is 12.7 Å². The van der Waals surface area contributed by atoms with Gasteiger partial charge in [0.05, 0.1) is 16.1 Å². The van der Waals surface area contributed by atoms with Gasteiger partial charge < -0.3 is 9.72 Å². The molecular weight excluding hydrogens is 361 g/mol. The van der Waals surface area contributed by atoms with E-state index in [-0.39, 0.29) is 0 Å². The highest BCUT2D eigenvalue weighted by molar-refractivity contribution is 7.13. The summed E-state index contributed by atoms with van der Waals surface area (Å²) in [6, 6.07) is 6.45. The van der Waals surface area contributed by atoms with Gasteiger partial charge in [-0.05, 0) is 43.1 Å². The van der Waals surface area contributed by atoms with Crippen LogP contribution in [0.3, 0.4) is 0 Å². The molecule has 0 amide bonds. The normalized spacial score (nSPS) is 16.9. The third-order valence-electron chi connectivity index (χ3n) is 4.61. The minimum atomic E-state index is -4.37. The Morgan fingerprint density at radius 2 is 2.04 bits per heavy atom. The Morgan fingerprint density at radius 3 is 2.81 bits per heavy atom. The fraction of sp³-hybridized carbons (Fsp3) is 0.389. The zero-order valence-corrected chi connectivity index (χ0v) is 14.9. The van der Waals surface area contributed by atoms with Gasteiger partial charge >= 0.3 is 6.18 Å². The van der Waals surface area contributed by atoms with E-state index in [1.54, 1.807) is 15.7 Å².